The molecule has 0 aromatic heterocycles. The Morgan fingerprint density at radius 1 is 1.19 bits per heavy atom. The maximum Gasteiger partial charge on any atom is 0.366 e. The molecule has 0 amide bonds. The third-order valence-corrected chi connectivity index (χ3v) is 4.85. The Bertz CT molecular complexity index is 616. The van der Waals surface area contributed by atoms with Crippen molar-refractivity contribution in [2.24, 2.45) is 0 Å². The summed E-state index contributed by atoms with van der Waals surface area (Å²) in [5.74, 6) is -3.55. The summed E-state index contributed by atoms with van der Waals surface area (Å²) in [6.45, 7) is 5.97. The second kappa shape index (κ2) is 12.0. The van der Waals surface area contributed by atoms with E-state index in [0.29, 0.717) is 5.57 Å². The van der Waals surface area contributed by atoms with Crippen LogP contribution in [0.25, 0.3) is 0 Å². The fraction of sp³-hybridized carbons (Fsp3) is 0.652. The van der Waals surface area contributed by atoms with Crippen LogP contribution in [0.1, 0.15) is 85.0 Å². The number of esters is 1. The zero-order chi connectivity index (χ0) is 20.3. The normalized spacial score (nSPS) is 14.6. The molecule has 0 atom stereocenters. The molecular weight excluding hydrogens is 340 g/mol. The first-order valence-electron chi connectivity index (χ1n) is 10.1. The molecule has 0 unspecified atom stereocenters. The lowest BCUT2D eigenvalue weighted by atomic mass is 10.0. The molecule has 0 saturated carbocycles. The summed E-state index contributed by atoms with van der Waals surface area (Å²) in [7, 11) is 1.13. The number of hydrogen-bond acceptors (Lipinski definition) is 4. The van der Waals surface area contributed by atoms with Crippen molar-refractivity contribution in [3.8, 4) is 0 Å². The van der Waals surface area contributed by atoms with Gasteiger partial charge in [-0.05, 0) is 69.1 Å². The molecule has 0 fully saturated rings. The summed E-state index contributed by atoms with van der Waals surface area (Å²) in [5.41, 5.74) is 7.75. The standard InChI is InChI=1S/C23H36O4/c1-5-6-7-8-9-10-12-20-13-11-14-21(20)16-18(2)15-19(3)17-23(25,26)22(24)27-4/h10,12,25-26H,5-9,11,13-14,16-17H2,1-4H3/b12-10+. The van der Waals surface area contributed by atoms with E-state index in [-0.39, 0.29) is 6.42 Å². The molecule has 1 aliphatic rings. The van der Waals surface area contributed by atoms with Crippen LogP contribution in [0.4, 0.5) is 0 Å². The van der Waals surface area contributed by atoms with Crippen LogP contribution in [0.15, 0.2) is 40.2 Å². The van der Waals surface area contributed by atoms with E-state index in [4.69, 9.17) is 0 Å². The summed E-state index contributed by atoms with van der Waals surface area (Å²) in [6.07, 6.45) is 15.0. The topological polar surface area (TPSA) is 66.8 Å². The van der Waals surface area contributed by atoms with Crippen molar-refractivity contribution >= 4 is 5.97 Å². The summed E-state index contributed by atoms with van der Waals surface area (Å²) in [6, 6.07) is 0. The fourth-order valence-electron chi connectivity index (χ4n) is 3.53. The van der Waals surface area contributed by atoms with Gasteiger partial charge in [0.05, 0.1) is 7.11 Å². The third kappa shape index (κ3) is 8.75. The molecular formula is C23H36O4. The van der Waals surface area contributed by atoms with Gasteiger partial charge >= 0.3 is 5.97 Å². The highest BCUT2D eigenvalue weighted by molar-refractivity contribution is 5.77. The molecule has 0 saturated heterocycles. The molecule has 1 aliphatic carbocycles. The lowest BCUT2D eigenvalue weighted by Crippen LogP contribution is -2.39. The van der Waals surface area contributed by atoms with Crippen molar-refractivity contribution in [1.29, 1.82) is 0 Å². The first-order valence-corrected chi connectivity index (χ1v) is 10.1. The number of unbranched alkanes of at least 4 members (excludes halogenated alkanes) is 4. The first kappa shape index (κ1) is 23.4. The van der Waals surface area contributed by atoms with E-state index in [2.05, 4.69) is 29.5 Å². The second-order valence-corrected chi connectivity index (χ2v) is 7.58. The van der Waals surface area contributed by atoms with Gasteiger partial charge in [-0.3, -0.25) is 0 Å². The molecule has 0 aromatic rings. The van der Waals surface area contributed by atoms with E-state index in [9.17, 15) is 15.0 Å². The highest BCUT2D eigenvalue weighted by Gasteiger charge is 2.34. The maximum atomic E-state index is 11.4. The van der Waals surface area contributed by atoms with Crippen LogP contribution in [0.2, 0.25) is 0 Å². The summed E-state index contributed by atoms with van der Waals surface area (Å²) in [4.78, 5) is 11.4. The van der Waals surface area contributed by atoms with Crippen molar-refractivity contribution in [2.45, 2.75) is 90.8 Å². The number of allylic oxidation sites excluding steroid dienone is 4. The molecule has 0 aromatic carbocycles. The largest absolute Gasteiger partial charge is 0.465 e. The van der Waals surface area contributed by atoms with Gasteiger partial charge in [0.25, 0.3) is 5.79 Å². The molecule has 1 rings (SSSR count). The highest BCUT2D eigenvalue weighted by atomic mass is 16.6. The van der Waals surface area contributed by atoms with Crippen molar-refractivity contribution in [2.75, 3.05) is 7.11 Å². The number of rotatable bonds is 11. The van der Waals surface area contributed by atoms with Crippen molar-refractivity contribution in [3.05, 3.63) is 40.2 Å². The Morgan fingerprint density at radius 3 is 2.59 bits per heavy atom. The maximum absolute atomic E-state index is 11.4. The average Bonchev–Trinajstić information content (AvgIpc) is 3.03. The fourth-order valence-corrected chi connectivity index (χ4v) is 3.53. The van der Waals surface area contributed by atoms with Gasteiger partial charge in [0, 0.05) is 6.42 Å². The number of hydrogen-bond donors (Lipinski definition) is 2. The first-order chi connectivity index (χ1) is 12.8. The number of carbonyl (C=O) groups excluding carboxylic acids is 1. The third-order valence-electron chi connectivity index (χ3n) is 4.85. The van der Waals surface area contributed by atoms with Gasteiger partial charge in [0.15, 0.2) is 0 Å². The molecule has 4 heteroatoms. The predicted molar refractivity (Wildman–Crippen MR) is 109 cm³/mol. The second-order valence-electron chi connectivity index (χ2n) is 7.58. The van der Waals surface area contributed by atoms with Crippen LogP contribution in [0, 0.1) is 0 Å². The molecule has 0 bridgehead atoms. The van der Waals surface area contributed by atoms with Gasteiger partial charge < -0.3 is 14.9 Å². The lowest BCUT2D eigenvalue weighted by Gasteiger charge is -2.17. The highest BCUT2D eigenvalue weighted by Crippen LogP contribution is 2.31. The zero-order valence-corrected chi connectivity index (χ0v) is 17.4. The Balaban J connectivity index is 2.71. The van der Waals surface area contributed by atoms with E-state index < -0.39 is 11.8 Å². The van der Waals surface area contributed by atoms with Crippen LogP contribution in [-0.2, 0) is 9.53 Å². The minimum absolute atomic E-state index is 0.208. The van der Waals surface area contributed by atoms with Gasteiger partial charge in [-0.2, -0.15) is 0 Å². The van der Waals surface area contributed by atoms with E-state index in [1.807, 2.05) is 6.92 Å². The summed E-state index contributed by atoms with van der Waals surface area (Å²) in [5, 5.41) is 19.5. The van der Waals surface area contributed by atoms with Gasteiger partial charge in [-0.1, -0.05) is 43.9 Å². The van der Waals surface area contributed by atoms with Crippen LogP contribution < -0.4 is 0 Å². The molecule has 4 nitrogen and oxygen atoms in total. The van der Waals surface area contributed by atoms with E-state index in [0.717, 1.165) is 38.4 Å². The Labute approximate surface area is 164 Å². The van der Waals surface area contributed by atoms with Crippen LogP contribution in [0.5, 0.6) is 0 Å². The minimum atomic E-state index is -2.50. The van der Waals surface area contributed by atoms with Gasteiger partial charge in [0.2, 0.25) is 0 Å². The molecule has 0 spiro atoms. The molecule has 2 N–H and O–H groups in total. The number of carbonyl (C=O) groups is 1. The molecule has 27 heavy (non-hydrogen) atoms. The van der Waals surface area contributed by atoms with Crippen LogP contribution in [0.3, 0.4) is 0 Å². The van der Waals surface area contributed by atoms with Crippen LogP contribution in [-0.4, -0.2) is 29.1 Å². The van der Waals surface area contributed by atoms with Gasteiger partial charge in [-0.25, -0.2) is 4.79 Å². The van der Waals surface area contributed by atoms with Gasteiger partial charge in [-0.15, -0.1) is 5.73 Å². The van der Waals surface area contributed by atoms with E-state index >= 15 is 0 Å². The molecule has 0 heterocycles. The number of ether oxygens (including phenoxy) is 1. The van der Waals surface area contributed by atoms with Crippen molar-refractivity contribution < 1.29 is 19.7 Å². The average molecular weight is 377 g/mol. The Morgan fingerprint density at radius 2 is 1.93 bits per heavy atom. The SMILES string of the molecule is CCCCCC/C=C/C1=C(CC(C)=C=C(C)CC(O)(O)C(=O)OC)CCC1. The van der Waals surface area contributed by atoms with Crippen molar-refractivity contribution in [1.82, 2.24) is 0 Å². The quantitative estimate of drug-likeness (QED) is 0.227. The molecule has 0 radical (unpaired) electrons. The monoisotopic (exact) mass is 376 g/mol. The van der Waals surface area contributed by atoms with Gasteiger partial charge in [0.1, 0.15) is 0 Å². The smallest absolute Gasteiger partial charge is 0.366 e. The zero-order valence-electron chi connectivity index (χ0n) is 17.4. The Hall–Kier alpha value is -1.61. The minimum Gasteiger partial charge on any atom is -0.465 e. The molecule has 152 valence electrons. The van der Waals surface area contributed by atoms with E-state index in [1.54, 1.807) is 6.92 Å². The lowest BCUT2D eigenvalue weighted by molar-refractivity contribution is -0.206. The molecule has 0 aliphatic heterocycles. The predicted octanol–water partition coefficient (Wildman–Crippen LogP) is 5.12. The Kier molecular flexibility index (Phi) is 10.4. The van der Waals surface area contributed by atoms with E-state index in [1.165, 1.54) is 43.3 Å². The van der Waals surface area contributed by atoms with Crippen molar-refractivity contribution in [3.63, 3.8) is 0 Å². The summed E-state index contributed by atoms with van der Waals surface area (Å²) < 4.78 is 4.41. The number of aliphatic hydroxyl groups is 2. The summed E-state index contributed by atoms with van der Waals surface area (Å²) >= 11 is 0. The van der Waals surface area contributed by atoms with Crippen LogP contribution >= 0.6 is 0 Å². The number of methoxy groups -OCH3 is 1.